The molecular weight excluding hydrogens is 298 g/mol. The number of allylic oxidation sites excluding steroid dienone is 2. The second-order valence-electron chi connectivity index (χ2n) is 6.28. The Labute approximate surface area is 150 Å². The molecule has 5 nitrogen and oxygen atoms in total. The van der Waals surface area contributed by atoms with E-state index >= 15 is 0 Å². The predicted molar refractivity (Wildman–Crippen MR) is 108 cm³/mol. The van der Waals surface area contributed by atoms with E-state index in [1.165, 1.54) is 89.9 Å². The first-order valence-corrected chi connectivity index (χ1v) is 9.84. The maximum Gasteiger partial charge on any atom is 0.200 e. The lowest BCUT2D eigenvalue weighted by atomic mass is 10.1. The van der Waals surface area contributed by atoms with E-state index < -0.39 is 0 Å². The molecule has 0 spiro atoms. The van der Waals surface area contributed by atoms with Crippen molar-refractivity contribution in [1.82, 2.24) is 5.43 Å². The van der Waals surface area contributed by atoms with Gasteiger partial charge >= 0.3 is 0 Å². The highest BCUT2D eigenvalue weighted by Crippen LogP contribution is 2.09. The lowest BCUT2D eigenvalue weighted by molar-refractivity contribution is 0.599. The number of nitrogens with two attached hydrogens (primary N) is 3. The Morgan fingerprint density at radius 2 is 1.17 bits per heavy atom. The Hall–Kier alpha value is -1.07. The van der Waals surface area contributed by atoms with E-state index in [4.69, 9.17) is 11.1 Å². The van der Waals surface area contributed by atoms with Crippen LogP contribution in [0.3, 0.4) is 0 Å². The van der Waals surface area contributed by atoms with Crippen molar-refractivity contribution < 1.29 is 0 Å². The molecule has 0 aromatic rings. The fourth-order valence-electron chi connectivity index (χ4n) is 2.39. The number of guanidine groups is 1. The number of hydrogen-bond acceptors (Lipinski definition) is 3. The van der Waals surface area contributed by atoms with Gasteiger partial charge in [-0.05, 0) is 38.6 Å². The predicted octanol–water partition coefficient (Wildman–Crippen LogP) is 4.33. The number of hydrazine groups is 1. The summed E-state index contributed by atoms with van der Waals surface area (Å²) in [5, 5.41) is 6.28. The summed E-state index contributed by atoms with van der Waals surface area (Å²) >= 11 is 0. The molecule has 0 aliphatic carbocycles. The summed E-state index contributed by atoms with van der Waals surface area (Å²) in [5.74, 6) is 4.35. The number of unbranched alkanes of at least 4 members (excludes halogenated alkanes) is 12. The normalized spacial score (nSPS) is 10.5. The molecule has 0 aromatic carbocycles. The van der Waals surface area contributed by atoms with Gasteiger partial charge in [-0.15, -0.1) is 0 Å². The van der Waals surface area contributed by atoms with Gasteiger partial charge in [0.25, 0.3) is 0 Å². The van der Waals surface area contributed by atoms with Crippen LogP contribution in [0.4, 0.5) is 0 Å². The number of hydrogen-bond donors (Lipinski definition) is 5. The second kappa shape index (κ2) is 24.2. The highest BCUT2D eigenvalue weighted by atomic mass is 15.3. The smallest absolute Gasteiger partial charge is 0.200 e. The van der Waals surface area contributed by atoms with Crippen molar-refractivity contribution in [2.75, 3.05) is 6.54 Å². The van der Waals surface area contributed by atoms with Crippen molar-refractivity contribution in [2.24, 2.45) is 17.3 Å². The van der Waals surface area contributed by atoms with E-state index in [1.807, 2.05) is 5.43 Å². The molecule has 0 radical (unpaired) electrons. The third kappa shape index (κ3) is 29.0. The molecule has 0 aliphatic rings. The van der Waals surface area contributed by atoms with Gasteiger partial charge in [-0.3, -0.25) is 10.8 Å². The Kier molecular flexibility index (Phi) is 25.4. The first-order valence-electron chi connectivity index (χ1n) is 9.84. The molecule has 0 aliphatic heterocycles. The summed E-state index contributed by atoms with van der Waals surface area (Å²) in [6.07, 6.45) is 23.9. The van der Waals surface area contributed by atoms with Crippen LogP contribution in [-0.2, 0) is 0 Å². The Balaban J connectivity index is 0. The maximum atomic E-state index is 6.28. The van der Waals surface area contributed by atoms with Crippen molar-refractivity contribution >= 4 is 5.96 Å². The molecule has 0 bridgehead atoms. The molecule has 8 N–H and O–H groups in total. The van der Waals surface area contributed by atoms with Gasteiger partial charge in [0.1, 0.15) is 0 Å². The lowest BCUT2D eigenvalue weighted by Crippen LogP contribution is -2.35. The van der Waals surface area contributed by atoms with Crippen molar-refractivity contribution in [3.63, 3.8) is 0 Å². The fourth-order valence-corrected chi connectivity index (χ4v) is 2.39. The highest BCUT2D eigenvalue weighted by Gasteiger charge is 1.90. The molecule has 0 amide bonds. The minimum Gasteiger partial charge on any atom is -0.369 e. The number of rotatable bonds is 15. The largest absolute Gasteiger partial charge is 0.369 e. The molecule has 0 aromatic heterocycles. The third-order valence-electron chi connectivity index (χ3n) is 3.87. The molecule has 5 heteroatoms. The quantitative estimate of drug-likeness (QED) is 0.0761. The zero-order valence-corrected chi connectivity index (χ0v) is 16.0. The first-order chi connectivity index (χ1) is 11.7. The van der Waals surface area contributed by atoms with Crippen LogP contribution in [0.25, 0.3) is 0 Å². The van der Waals surface area contributed by atoms with Crippen LogP contribution in [-0.4, -0.2) is 12.5 Å². The van der Waals surface area contributed by atoms with Gasteiger partial charge in [-0.25, -0.2) is 5.84 Å². The minimum atomic E-state index is -0.218. The van der Waals surface area contributed by atoms with E-state index in [-0.39, 0.29) is 5.96 Å². The zero-order valence-electron chi connectivity index (χ0n) is 16.0. The SMILES string of the molecule is CCCCCCCC/C=C\CCCCCCCCN.N=C(N)NN. The van der Waals surface area contributed by atoms with Gasteiger partial charge in [0.2, 0.25) is 0 Å². The van der Waals surface area contributed by atoms with Gasteiger partial charge in [0.05, 0.1) is 0 Å². The second-order valence-corrected chi connectivity index (χ2v) is 6.28. The van der Waals surface area contributed by atoms with Crippen molar-refractivity contribution in [3.8, 4) is 0 Å². The zero-order chi connectivity index (χ0) is 18.3. The summed E-state index contributed by atoms with van der Waals surface area (Å²) < 4.78 is 0. The van der Waals surface area contributed by atoms with Crippen LogP contribution in [0.5, 0.6) is 0 Å². The summed E-state index contributed by atoms with van der Waals surface area (Å²) in [5.41, 5.74) is 12.0. The van der Waals surface area contributed by atoms with E-state index in [2.05, 4.69) is 30.7 Å². The molecule has 0 heterocycles. The first kappa shape index (κ1) is 25.2. The van der Waals surface area contributed by atoms with E-state index in [9.17, 15) is 0 Å². The summed E-state index contributed by atoms with van der Waals surface area (Å²) in [7, 11) is 0. The van der Waals surface area contributed by atoms with Crippen LogP contribution in [0.2, 0.25) is 0 Å². The monoisotopic (exact) mass is 341 g/mol. The summed E-state index contributed by atoms with van der Waals surface area (Å²) in [6, 6.07) is 0. The Bertz CT molecular complexity index is 266. The Morgan fingerprint density at radius 1 is 0.792 bits per heavy atom. The van der Waals surface area contributed by atoms with Crippen LogP contribution in [0.1, 0.15) is 96.8 Å². The fraction of sp³-hybridized carbons (Fsp3) is 0.842. The topological polar surface area (TPSA) is 114 Å². The average Bonchev–Trinajstić information content (AvgIpc) is 2.59. The standard InChI is InChI=1S/C18H37N.CH6N4/c1-2-3-4-5-6-7-8-9-10-11-12-13-14-15-16-17-18-19;2-1(3)5-4/h9-10H,2-8,11-19H2,1H3;4H2,(H4,2,3,5)/b10-9-;. The molecule has 0 rings (SSSR count). The van der Waals surface area contributed by atoms with Gasteiger partial charge in [-0.2, -0.15) is 0 Å². The molecule has 0 unspecified atom stereocenters. The average molecular weight is 342 g/mol. The third-order valence-corrected chi connectivity index (χ3v) is 3.87. The van der Waals surface area contributed by atoms with Crippen LogP contribution >= 0.6 is 0 Å². The van der Waals surface area contributed by atoms with Gasteiger partial charge < -0.3 is 11.5 Å². The lowest BCUT2D eigenvalue weighted by Gasteiger charge is -1.99. The van der Waals surface area contributed by atoms with Gasteiger partial charge in [0.15, 0.2) is 5.96 Å². The van der Waals surface area contributed by atoms with Gasteiger partial charge in [0, 0.05) is 0 Å². The number of nitrogens with one attached hydrogen (secondary N) is 2. The summed E-state index contributed by atoms with van der Waals surface area (Å²) in [6.45, 7) is 3.14. The van der Waals surface area contributed by atoms with Crippen molar-refractivity contribution in [1.29, 1.82) is 5.41 Å². The highest BCUT2D eigenvalue weighted by molar-refractivity contribution is 5.73. The van der Waals surface area contributed by atoms with E-state index in [1.54, 1.807) is 0 Å². The maximum absolute atomic E-state index is 6.28. The van der Waals surface area contributed by atoms with Crippen LogP contribution in [0, 0.1) is 5.41 Å². The molecule has 0 atom stereocenters. The molecule has 0 saturated heterocycles. The van der Waals surface area contributed by atoms with E-state index in [0.29, 0.717) is 0 Å². The Morgan fingerprint density at radius 3 is 1.54 bits per heavy atom. The van der Waals surface area contributed by atoms with Crippen LogP contribution < -0.4 is 22.7 Å². The molecule has 144 valence electrons. The van der Waals surface area contributed by atoms with Crippen molar-refractivity contribution in [2.45, 2.75) is 96.8 Å². The van der Waals surface area contributed by atoms with Crippen molar-refractivity contribution in [3.05, 3.63) is 12.2 Å². The minimum absolute atomic E-state index is 0.218. The molecular formula is C19H43N5. The summed E-state index contributed by atoms with van der Waals surface area (Å²) in [4.78, 5) is 0. The molecule has 0 fully saturated rings. The van der Waals surface area contributed by atoms with Gasteiger partial charge in [-0.1, -0.05) is 76.9 Å². The molecule has 24 heavy (non-hydrogen) atoms. The van der Waals surface area contributed by atoms with E-state index in [0.717, 1.165) is 6.54 Å². The molecule has 0 saturated carbocycles. The van der Waals surface area contributed by atoms with Crippen LogP contribution in [0.15, 0.2) is 12.2 Å².